The van der Waals surface area contributed by atoms with E-state index in [0.29, 0.717) is 10.7 Å². The van der Waals surface area contributed by atoms with Gasteiger partial charge in [0.15, 0.2) is 5.11 Å². The number of nitrogens with one attached hydrogen (secondary N) is 2. The van der Waals surface area contributed by atoms with Gasteiger partial charge in [-0.1, -0.05) is 28.1 Å². The summed E-state index contributed by atoms with van der Waals surface area (Å²) in [5, 5.41) is 35.9. The number of aromatic hydroxyl groups is 2. The number of phenolic OH excluding ortho intramolecular Hbond substituents is 2. The maximum absolute atomic E-state index is 10.2. The van der Waals surface area contributed by atoms with Crippen molar-refractivity contribution in [3.63, 3.8) is 0 Å². The van der Waals surface area contributed by atoms with E-state index in [0.717, 1.165) is 10.0 Å². The highest BCUT2D eigenvalue weighted by molar-refractivity contribution is 9.10. The van der Waals surface area contributed by atoms with E-state index in [9.17, 15) is 15.3 Å². The molecule has 1 unspecified atom stereocenters. The number of benzene rings is 2. The molecule has 0 bridgehead atoms. The SMILES string of the molecule is C[C@@H](NC(=S)NCC(O)c1cc(Br)ccc1O)c1cccc(O)c1. The average molecular weight is 411 g/mol. The summed E-state index contributed by atoms with van der Waals surface area (Å²) in [5.74, 6) is 0.222. The van der Waals surface area contributed by atoms with Crippen LogP contribution >= 0.6 is 28.1 Å². The van der Waals surface area contributed by atoms with Crippen molar-refractivity contribution in [2.24, 2.45) is 0 Å². The van der Waals surface area contributed by atoms with Gasteiger partial charge in [0.05, 0.1) is 12.1 Å². The normalized spacial score (nSPS) is 13.1. The van der Waals surface area contributed by atoms with Crippen LogP contribution in [0, 0.1) is 0 Å². The summed E-state index contributed by atoms with van der Waals surface area (Å²) in [5.41, 5.74) is 1.31. The minimum absolute atomic E-state index is 0.0273. The summed E-state index contributed by atoms with van der Waals surface area (Å²) < 4.78 is 0.771. The van der Waals surface area contributed by atoms with Crippen LogP contribution in [0.25, 0.3) is 0 Å². The van der Waals surface area contributed by atoms with Gasteiger partial charge < -0.3 is 26.0 Å². The molecule has 0 amide bonds. The van der Waals surface area contributed by atoms with Gasteiger partial charge in [-0.25, -0.2) is 0 Å². The van der Waals surface area contributed by atoms with Crippen LogP contribution in [0.5, 0.6) is 11.5 Å². The van der Waals surface area contributed by atoms with Gasteiger partial charge in [0.2, 0.25) is 0 Å². The van der Waals surface area contributed by atoms with Gasteiger partial charge in [0.25, 0.3) is 0 Å². The molecule has 0 aliphatic heterocycles. The fourth-order valence-corrected chi connectivity index (χ4v) is 2.86. The van der Waals surface area contributed by atoms with E-state index < -0.39 is 6.10 Å². The van der Waals surface area contributed by atoms with E-state index in [1.165, 1.54) is 6.07 Å². The molecule has 7 heteroatoms. The Morgan fingerprint density at radius 1 is 1.21 bits per heavy atom. The summed E-state index contributed by atoms with van der Waals surface area (Å²) in [7, 11) is 0. The van der Waals surface area contributed by atoms with Crippen LogP contribution < -0.4 is 10.6 Å². The monoisotopic (exact) mass is 410 g/mol. The van der Waals surface area contributed by atoms with Crippen LogP contribution in [0.3, 0.4) is 0 Å². The molecule has 0 heterocycles. The number of thiocarbonyl (C=S) groups is 1. The zero-order valence-corrected chi connectivity index (χ0v) is 15.4. The molecule has 0 fully saturated rings. The van der Waals surface area contributed by atoms with Gasteiger partial charge in [0, 0.05) is 16.6 Å². The maximum atomic E-state index is 10.2. The molecular formula is C17H19BrN2O3S. The summed E-state index contributed by atoms with van der Waals surface area (Å²) in [6.07, 6.45) is -0.904. The van der Waals surface area contributed by atoms with E-state index in [4.69, 9.17) is 12.2 Å². The van der Waals surface area contributed by atoms with E-state index in [2.05, 4.69) is 26.6 Å². The third-order valence-corrected chi connectivity index (χ3v) is 4.28. The van der Waals surface area contributed by atoms with Crippen LogP contribution in [0.4, 0.5) is 0 Å². The fourth-order valence-electron chi connectivity index (χ4n) is 2.22. The van der Waals surface area contributed by atoms with E-state index in [1.807, 2.05) is 13.0 Å². The molecule has 2 rings (SSSR count). The highest BCUT2D eigenvalue weighted by atomic mass is 79.9. The molecule has 2 aromatic carbocycles. The average Bonchev–Trinajstić information content (AvgIpc) is 2.54. The van der Waals surface area contributed by atoms with Crippen LogP contribution in [0.2, 0.25) is 0 Å². The molecule has 2 aromatic rings. The van der Waals surface area contributed by atoms with Crippen molar-refractivity contribution in [3.8, 4) is 11.5 Å². The van der Waals surface area contributed by atoms with Crippen molar-refractivity contribution in [2.75, 3.05) is 6.54 Å². The Morgan fingerprint density at radius 3 is 2.67 bits per heavy atom. The zero-order valence-electron chi connectivity index (χ0n) is 13.0. The first-order valence-corrected chi connectivity index (χ1v) is 8.56. The van der Waals surface area contributed by atoms with Gasteiger partial charge in [-0.05, 0) is 55.0 Å². The number of aliphatic hydroxyl groups is 1. The molecule has 0 saturated heterocycles. The molecule has 0 saturated carbocycles. The number of hydrogen-bond donors (Lipinski definition) is 5. The van der Waals surface area contributed by atoms with E-state index in [-0.39, 0.29) is 24.1 Å². The lowest BCUT2D eigenvalue weighted by atomic mass is 10.1. The Labute approximate surface area is 154 Å². The molecule has 0 radical (unpaired) electrons. The topological polar surface area (TPSA) is 84.8 Å². The Hall–Kier alpha value is -1.83. The fraction of sp³-hybridized carbons (Fsp3) is 0.235. The first-order chi connectivity index (χ1) is 11.4. The number of phenols is 2. The third kappa shape index (κ3) is 5.09. The molecular weight excluding hydrogens is 392 g/mol. The van der Waals surface area contributed by atoms with Crippen molar-refractivity contribution in [3.05, 3.63) is 58.1 Å². The number of hydrogen-bond acceptors (Lipinski definition) is 4. The second-order valence-corrected chi connectivity index (χ2v) is 6.71. The minimum Gasteiger partial charge on any atom is -0.508 e. The lowest BCUT2D eigenvalue weighted by molar-refractivity contribution is 0.177. The molecule has 5 N–H and O–H groups in total. The first kappa shape index (κ1) is 18.5. The van der Waals surface area contributed by atoms with Crippen LogP contribution in [0.15, 0.2) is 46.9 Å². The van der Waals surface area contributed by atoms with Crippen molar-refractivity contribution >= 4 is 33.3 Å². The van der Waals surface area contributed by atoms with Gasteiger partial charge >= 0.3 is 0 Å². The summed E-state index contributed by atoms with van der Waals surface area (Å²) in [4.78, 5) is 0. The molecule has 0 aliphatic carbocycles. The van der Waals surface area contributed by atoms with Gasteiger partial charge in [-0.2, -0.15) is 0 Å². The predicted molar refractivity (Wildman–Crippen MR) is 101 cm³/mol. The van der Waals surface area contributed by atoms with Crippen molar-refractivity contribution in [2.45, 2.75) is 19.1 Å². The number of halogens is 1. The predicted octanol–water partition coefficient (Wildman–Crippen LogP) is 3.12. The molecule has 128 valence electrons. The highest BCUT2D eigenvalue weighted by Crippen LogP contribution is 2.27. The number of aliphatic hydroxyl groups excluding tert-OH is 1. The molecule has 2 atom stereocenters. The summed E-state index contributed by atoms with van der Waals surface area (Å²) >= 11 is 8.53. The maximum Gasteiger partial charge on any atom is 0.166 e. The third-order valence-electron chi connectivity index (χ3n) is 3.52. The van der Waals surface area contributed by atoms with Gasteiger partial charge in [0.1, 0.15) is 11.5 Å². The smallest absolute Gasteiger partial charge is 0.166 e. The summed E-state index contributed by atoms with van der Waals surface area (Å²) in [6.45, 7) is 2.07. The molecule has 0 aromatic heterocycles. The van der Waals surface area contributed by atoms with Crippen molar-refractivity contribution in [1.82, 2.24) is 10.6 Å². The molecule has 0 spiro atoms. The van der Waals surface area contributed by atoms with Crippen LogP contribution in [-0.2, 0) is 0 Å². The van der Waals surface area contributed by atoms with Gasteiger partial charge in [-0.15, -0.1) is 0 Å². The standard InChI is InChI=1S/C17H19BrN2O3S/c1-10(11-3-2-4-13(21)7-11)20-17(24)19-9-16(23)14-8-12(18)5-6-15(14)22/h2-8,10,16,21-23H,9H2,1H3,(H2,19,20,24)/t10-,16?/m1/s1. The lowest BCUT2D eigenvalue weighted by Crippen LogP contribution is -2.38. The second kappa shape index (κ2) is 8.32. The Morgan fingerprint density at radius 2 is 1.96 bits per heavy atom. The lowest BCUT2D eigenvalue weighted by Gasteiger charge is -2.19. The largest absolute Gasteiger partial charge is 0.508 e. The summed E-state index contributed by atoms with van der Waals surface area (Å²) in [6, 6.07) is 11.7. The quantitative estimate of drug-likeness (QED) is 0.487. The minimum atomic E-state index is -0.904. The Bertz CT molecular complexity index is 727. The zero-order chi connectivity index (χ0) is 17.7. The number of rotatable bonds is 5. The highest BCUT2D eigenvalue weighted by Gasteiger charge is 2.14. The van der Waals surface area contributed by atoms with Gasteiger partial charge in [-0.3, -0.25) is 0 Å². The van der Waals surface area contributed by atoms with E-state index >= 15 is 0 Å². The molecule has 0 aliphatic rings. The second-order valence-electron chi connectivity index (χ2n) is 5.39. The Balaban J connectivity index is 1.89. The van der Waals surface area contributed by atoms with Crippen molar-refractivity contribution in [1.29, 1.82) is 0 Å². The molecule has 5 nitrogen and oxygen atoms in total. The van der Waals surface area contributed by atoms with E-state index in [1.54, 1.807) is 30.3 Å². The first-order valence-electron chi connectivity index (χ1n) is 7.36. The Kier molecular flexibility index (Phi) is 6.42. The van der Waals surface area contributed by atoms with Crippen LogP contribution in [0.1, 0.15) is 30.2 Å². The van der Waals surface area contributed by atoms with Crippen molar-refractivity contribution < 1.29 is 15.3 Å². The van der Waals surface area contributed by atoms with Crippen LogP contribution in [-0.4, -0.2) is 27.0 Å². The molecule has 24 heavy (non-hydrogen) atoms.